The van der Waals surface area contributed by atoms with Gasteiger partial charge in [0.25, 0.3) is 6.47 Å². The zero-order valence-corrected chi connectivity index (χ0v) is 10.6. The molecule has 2 atom stereocenters. The number of carbonyl (C=O) groups excluding carboxylic acids is 1. The first-order chi connectivity index (χ1) is 7.53. The van der Waals surface area contributed by atoms with Crippen LogP contribution in [0.2, 0.25) is 0 Å². The molecule has 0 radical (unpaired) electrons. The molecule has 0 saturated carbocycles. The maximum Gasteiger partial charge on any atom is 0.293 e. The van der Waals surface area contributed by atoms with Gasteiger partial charge in [-0.3, -0.25) is 4.79 Å². The number of carbonyl (C=O) groups is 1. The van der Waals surface area contributed by atoms with E-state index in [4.69, 9.17) is 0 Å². The Morgan fingerprint density at radius 3 is 2.50 bits per heavy atom. The lowest BCUT2D eigenvalue weighted by Gasteiger charge is -2.25. The van der Waals surface area contributed by atoms with Crippen LogP contribution in [-0.2, 0) is 9.53 Å². The van der Waals surface area contributed by atoms with Gasteiger partial charge in [0.05, 0.1) is 0 Å². The fourth-order valence-electron chi connectivity index (χ4n) is 2.09. The highest BCUT2D eigenvalue weighted by atomic mass is 16.5. The van der Waals surface area contributed by atoms with Crippen molar-refractivity contribution in [3.8, 4) is 0 Å². The lowest BCUT2D eigenvalue weighted by Crippen LogP contribution is -2.41. The van der Waals surface area contributed by atoms with Crippen LogP contribution >= 0.6 is 0 Å². The van der Waals surface area contributed by atoms with Crippen molar-refractivity contribution in [2.45, 2.75) is 45.3 Å². The number of fused-ring (bicyclic) bond motifs is 1. The first-order valence-corrected chi connectivity index (χ1v) is 6.08. The molecule has 94 valence electrons. The van der Waals surface area contributed by atoms with Gasteiger partial charge in [0.1, 0.15) is 5.60 Å². The molecule has 0 aromatic heterocycles. The van der Waals surface area contributed by atoms with Crippen LogP contribution in [0, 0.1) is 5.92 Å². The normalized spacial score (nSPS) is 28.7. The summed E-state index contributed by atoms with van der Waals surface area (Å²) in [6, 6.07) is 0.853. The predicted molar refractivity (Wildman–Crippen MR) is 64.3 cm³/mol. The first-order valence-electron chi connectivity index (χ1n) is 6.08. The van der Waals surface area contributed by atoms with Crippen LogP contribution in [0.15, 0.2) is 0 Å². The Kier molecular flexibility index (Phi) is 5.22. The van der Waals surface area contributed by atoms with Gasteiger partial charge < -0.3 is 15.4 Å². The van der Waals surface area contributed by atoms with Crippen molar-refractivity contribution >= 4 is 6.47 Å². The predicted octanol–water partition coefficient (Wildman–Crippen LogP) is 0.916. The third kappa shape index (κ3) is 4.94. The number of hydrogen-bond donors (Lipinski definition) is 2. The summed E-state index contributed by atoms with van der Waals surface area (Å²) in [4.78, 5) is 9.60. The maximum atomic E-state index is 9.60. The fourth-order valence-corrected chi connectivity index (χ4v) is 2.09. The molecule has 0 bridgehead atoms. The summed E-state index contributed by atoms with van der Waals surface area (Å²) >= 11 is 0. The number of rotatable bonds is 1. The van der Waals surface area contributed by atoms with Gasteiger partial charge >= 0.3 is 0 Å². The Morgan fingerprint density at radius 1 is 1.25 bits per heavy atom. The van der Waals surface area contributed by atoms with E-state index >= 15 is 0 Å². The highest BCUT2D eigenvalue weighted by Gasteiger charge is 2.28. The Morgan fingerprint density at radius 2 is 2.00 bits per heavy atom. The molecule has 4 heteroatoms. The number of ether oxygens (including phenoxy) is 1. The van der Waals surface area contributed by atoms with E-state index in [-0.39, 0.29) is 5.60 Å². The molecule has 0 aliphatic carbocycles. The van der Waals surface area contributed by atoms with Crippen molar-refractivity contribution in [1.82, 2.24) is 10.6 Å². The molecule has 0 spiro atoms. The monoisotopic (exact) mass is 228 g/mol. The highest BCUT2D eigenvalue weighted by Crippen LogP contribution is 2.19. The Bertz CT molecular complexity index is 202. The summed E-state index contributed by atoms with van der Waals surface area (Å²) in [6.07, 6.45) is 2.72. The zero-order chi connectivity index (χ0) is 12.0. The van der Waals surface area contributed by atoms with E-state index in [0.29, 0.717) is 6.47 Å². The smallest absolute Gasteiger partial charge is 0.293 e. The molecular formula is C12H24N2O2. The average molecular weight is 228 g/mol. The molecule has 0 aromatic rings. The minimum Gasteiger partial charge on any atom is -0.462 e. The molecule has 2 aliphatic heterocycles. The lowest BCUT2D eigenvalue weighted by molar-refractivity contribution is -0.138. The van der Waals surface area contributed by atoms with E-state index in [0.717, 1.165) is 12.0 Å². The van der Waals surface area contributed by atoms with Gasteiger partial charge in [-0.05, 0) is 59.2 Å². The van der Waals surface area contributed by atoms with Gasteiger partial charge in [-0.15, -0.1) is 0 Å². The van der Waals surface area contributed by atoms with Crippen LogP contribution in [0.3, 0.4) is 0 Å². The van der Waals surface area contributed by atoms with Gasteiger partial charge in [0, 0.05) is 6.04 Å². The summed E-state index contributed by atoms with van der Waals surface area (Å²) in [5, 5.41) is 6.93. The number of piperidine rings is 1. The van der Waals surface area contributed by atoms with Crippen LogP contribution < -0.4 is 10.6 Å². The SMILES string of the molecule is C1CC2NCCC2CN1.CC(C)(C)OC=O. The molecule has 4 nitrogen and oxygen atoms in total. The highest BCUT2D eigenvalue weighted by molar-refractivity contribution is 5.37. The van der Waals surface area contributed by atoms with Gasteiger partial charge in [-0.2, -0.15) is 0 Å². The van der Waals surface area contributed by atoms with Crippen molar-refractivity contribution in [3.05, 3.63) is 0 Å². The molecule has 2 N–H and O–H groups in total. The quantitative estimate of drug-likeness (QED) is 0.655. The third-order valence-electron chi connectivity index (χ3n) is 2.93. The summed E-state index contributed by atoms with van der Waals surface area (Å²) in [7, 11) is 0. The van der Waals surface area contributed by atoms with Crippen LogP contribution in [0.4, 0.5) is 0 Å². The lowest BCUT2D eigenvalue weighted by atomic mass is 9.95. The van der Waals surface area contributed by atoms with Crippen molar-refractivity contribution in [1.29, 1.82) is 0 Å². The van der Waals surface area contributed by atoms with Crippen molar-refractivity contribution in [2.24, 2.45) is 5.92 Å². The van der Waals surface area contributed by atoms with Gasteiger partial charge in [0.15, 0.2) is 0 Å². The van der Waals surface area contributed by atoms with Crippen molar-refractivity contribution in [2.75, 3.05) is 19.6 Å². The molecular weight excluding hydrogens is 204 g/mol. The Labute approximate surface area is 98.1 Å². The average Bonchev–Trinajstić information content (AvgIpc) is 2.64. The largest absolute Gasteiger partial charge is 0.462 e. The molecule has 0 amide bonds. The molecule has 2 aliphatic rings. The van der Waals surface area contributed by atoms with Crippen LogP contribution in [0.25, 0.3) is 0 Å². The summed E-state index contributed by atoms with van der Waals surface area (Å²) in [5.41, 5.74) is -0.318. The first kappa shape index (κ1) is 13.5. The van der Waals surface area contributed by atoms with E-state index in [1.165, 1.54) is 32.5 Å². The van der Waals surface area contributed by atoms with E-state index in [9.17, 15) is 4.79 Å². The van der Waals surface area contributed by atoms with E-state index in [1.54, 1.807) is 0 Å². The second kappa shape index (κ2) is 6.21. The van der Waals surface area contributed by atoms with Crippen LogP contribution in [0.5, 0.6) is 0 Å². The topological polar surface area (TPSA) is 50.4 Å². The third-order valence-corrected chi connectivity index (χ3v) is 2.93. The molecule has 2 heterocycles. The standard InChI is InChI=1S/C7H14N2.C5H10O2/c1-4-9-7-2-3-8-5-6(1)7;1-5(2,3)7-4-6/h6-9H,1-5H2;4H,1-3H3. The zero-order valence-electron chi connectivity index (χ0n) is 10.6. The fraction of sp³-hybridized carbons (Fsp3) is 0.917. The molecule has 2 fully saturated rings. The molecule has 16 heavy (non-hydrogen) atoms. The number of nitrogens with one attached hydrogen (secondary N) is 2. The molecule has 2 rings (SSSR count). The minimum absolute atomic E-state index is 0.318. The molecule has 2 saturated heterocycles. The minimum atomic E-state index is -0.318. The van der Waals surface area contributed by atoms with Gasteiger partial charge in [0.2, 0.25) is 0 Å². The summed E-state index contributed by atoms with van der Waals surface area (Å²) in [5.74, 6) is 0.943. The van der Waals surface area contributed by atoms with E-state index in [1.807, 2.05) is 20.8 Å². The van der Waals surface area contributed by atoms with Crippen molar-refractivity contribution < 1.29 is 9.53 Å². The second-order valence-corrected chi connectivity index (χ2v) is 5.43. The Balaban J connectivity index is 0.000000168. The summed E-state index contributed by atoms with van der Waals surface area (Å²) in [6.45, 7) is 9.63. The molecule has 0 aromatic carbocycles. The van der Waals surface area contributed by atoms with Crippen molar-refractivity contribution in [3.63, 3.8) is 0 Å². The van der Waals surface area contributed by atoms with E-state index < -0.39 is 0 Å². The van der Waals surface area contributed by atoms with Crippen LogP contribution in [-0.4, -0.2) is 37.7 Å². The van der Waals surface area contributed by atoms with E-state index in [2.05, 4.69) is 15.4 Å². The summed E-state index contributed by atoms with van der Waals surface area (Å²) < 4.78 is 4.55. The maximum absolute atomic E-state index is 9.60. The molecule has 2 unspecified atom stereocenters. The second-order valence-electron chi connectivity index (χ2n) is 5.43. The van der Waals surface area contributed by atoms with Crippen LogP contribution in [0.1, 0.15) is 33.6 Å². The van der Waals surface area contributed by atoms with Gasteiger partial charge in [-0.25, -0.2) is 0 Å². The number of hydrogen-bond acceptors (Lipinski definition) is 4. The Hall–Kier alpha value is -0.610. The van der Waals surface area contributed by atoms with Gasteiger partial charge in [-0.1, -0.05) is 0 Å².